The van der Waals surface area contributed by atoms with Crippen LogP contribution in [0.25, 0.3) is 0 Å². The zero-order valence-corrected chi connectivity index (χ0v) is 15.4. The smallest absolute Gasteiger partial charge is 0.325 e. The molecule has 140 valence electrons. The summed E-state index contributed by atoms with van der Waals surface area (Å²) in [5, 5.41) is 0. The zero-order chi connectivity index (χ0) is 18.5. The Kier molecular flexibility index (Phi) is 10.5. The zero-order valence-electron chi connectivity index (χ0n) is 15.4. The standard InChI is InChI=1S/C20H30FNO3/c1-3-4-5-6-7-8-9-10-14-25-19(23)16-22(2)20(24)17-12-11-13-18(21)15-17/h11-13,15H,3-10,14,16H2,1-2H3. The van der Waals surface area contributed by atoms with Crippen LogP contribution in [-0.4, -0.2) is 37.0 Å². The van der Waals surface area contributed by atoms with Crippen LogP contribution in [0.3, 0.4) is 0 Å². The van der Waals surface area contributed by atoms with Crippen molar-refractivity contribution in [2.24, 2.45) is 0 Å². The van der Waals surface area contributed by atoms with Crippen molar-refractivity contribution in [1.29, 1.82) is 0 Å². The van der Waals surface area contributed by atoms with Crippen LogP contribution >= 0.6 is 0 Å². The minimum atomic E-state index is -0.475. The maximum Gasteiger partial charge on any atom is 0.325 e. The largest absolute Gasteiger partial charge is 0.464 e. The molecule has 0 bridgehead atoms. The van der Waals surface area contributed by atoms with Gasteiger partial charge in [-0.05, 0) is 24.6 Å². The summed E-state index contributed by atoms with van der Waals surface area (Å²) >= 11 is 0. The van der Waals surface area contributed by atoms with Gasteiger partial charge < -0.3 is 9.64 Å². The normalized spacial score (nSPS) is 10.5. The third-order valence-corrected chi connectivity index (χ3v) is 4.05. The van der Waals surface area contributed by atoms with Crippen LogP contribution in [-0.2, 0) is 9.53 Å². The number of hydrogen-bond donors (Lipinski definition) is 0. The van der Waals surface area contributed by atoms with Crippen molar-refractivity contribution >= 4 is 11.9 Å². The monoisotopic (exact) mass is 351 g/mol. The molecule has 1 amide bonds. The first kappa shape index (κ1) is 21.1. The molecule has 0 aliphatic carbocycles. The summed E-state index contributed by atoms with van der Waals surface area (Å²) in [6, 6.07) is 5.42. The number of carbonyl (C=O) groups excluding carboxylic acids is 2. The summed E-state index contributed by atoms with van der Waals surface area (Å²) in [6.45, 7) is 2.46. The summed E-state index contributed by atoms with van der Waals surface area (Å²) in [6.07, 6.45) is 9.44. The molecule has 0 atom stereocenters. The van der Waals surface area contributed by atoms with Gasteiger partial charge >= 0.3 is 5.97 Å². The summed E-state index contributed by atoms with van der Waals surface area (Å²) in [7, 11) is 1.50. The molecular weight excluding hydrogens is 321 g/mol. The molecule has 0 heterocycles. The molecule has 0 unspecified atom stereocenters. The van der Waals surface area contributed by atoms with Gasteiger partial charge in [-0.1, -0.05) is 57.9 Å². The predicted octanol–water partition coefficient (Wildman–Crippen LogP) is 4.58. The van der Waals surface area contributed by atoms with Gasteiger partial charge in [0.25, 0.3) is 5.91 Å². The van der Waals surface area contributed by atoms with E-state index in [4.69, 9.17) is 4.74 Å². The summed E-state index contributed by atoms with van der Waals surface area (Å²) in [5.41, 5.74) is 0.221. The van der Waals surface area contributed by atoms with Crippen molar-refractivity contribution in [2.75, 3.05) is 20.2 Å². The molecule has 0 spiro atoms. The van der Waals surface area contributed by atoms with Gasteiger partial charge in [0.1, 0.15) is 12.4 Å². The minimum Gasteiger partial charge on any atom is -0.464 e. The van der Waals surface area contributed by atoms with Gasteiger partial charge in [-0.15, -0.1) is 0 Å². The van der Waals surface area contributed by atoms with Gasteiger partial charge in [0, 0.05) is 12.6 Å². The fourth-order valence-electron chi connectivity index (χ4n) is 2.57. The Morgan fingerprint density at radius 1 is 1.04 bits per heavy atom. The molecular formula is C20H30FNO3. The summed E-state index contributed by atoms with van der Waals surface area (Å²) < 4.78 is 18.3. The number of likely N-dealkylation sites (N-methyl/N-ethyl adjacent to an activating group) is 1. The van der Waals surface area contributed by atoms with E-state index in [0.717, 1.165) is 18.9 Å². The van der Waals surface area contributed by atoms with Crippen LogP contribution in [0.4, 0.5) is 4.39 Å². The van der Waals surface area contributed by atoms with Gasteiger partial charge in [0.2, 0.25) is 0 Å². The number of rotatable bonds is 12. The average molecular weight is 351 g/mol. The van der Waals surface area contributed by atoms with Crippen LogP contribution in [0.5, 0.6) is 0 Å². The molecule has 0 aliphatic rings. The lowest BCUT2D eigenvalue weighted by Crippen LogP contribution is -2.33. The van der Waals surface area contributed by atoms with Crippen molar-refractivity contribution in [1.82, 2.24) is 4.90 Å². The van der Waals surface area contributed by atoms with Crippen LogP contribution < -0.4 is 0 Å². The van der Waals surface area contributed by atoms with Crippen LogP contribution in [0, 0.1) is 5.82 Å². The molecule has 0 saturated carbocycles. The Morgan fingerprint density at radius 3 is 2.32 bits per heavy atom. The van der Waals surface area contributed by atoms with E-state index in [2.05, 4.69) is 6.92 Å². The van der Waals surface area contributed by atoms with E-state index in [-0.39, 0.29) is 12.1 Å². The molecule has 1 aromatic carbocycles. The molecule has 0 fully saturated rings. The van der Waals surface area contributed by atoms with E-state index in [9.17, 15) is 14.0 Å². The third-order valence-electron chi connectivity index (χ3n) is 4.05. The highest BCUT2D eigenvalue weighted by Gasteiger charge is 2.16. The number of hydrogen-bond acceptors (Lipinski definition) is 3. The quantitative estimate of drug-likeness (QED) is 0.409. The molecule has 0 aliphatic heterocycles. The molecule has 4 nitrogen and oxygen atoms in total. The Labute approximate surface area is 150 Å². The van der Waals surface area contributed by atoms with E-state index in [0.29, 0.717) is 6.61 Å². The van der Waals surface area contributed by atoms with Gasteiger partial charge in [-0.3, -0.25) is 9.59 Å². The minimum absolute atomic E-state index is 0.133. The van der Waals surface area contributed by atoms with E-state index in [1.54, 1.807) is 0 Å². The lowest BCUT2D eigenvalue weighted by molar-refractivity contribution is -0.144. The van der Waals surface area contributed by atoms with Crippen LogP contribution in [0.15, 0.2) is 24.3 Å². The fraction of sp³-hybridized carbons (Fsp3) is 0.600. The van der Waals surface area contributed by atoms with Crippen molar-refractivity contribution in [3.63, 3.8) is 0 Å². The topological polar surface area (TPSA) is 46.6 Å². The van der Waals surface area contributed by atoms with Crippen molar-refractivity contribution in [2.45, 2.75) is 58.3 Å². The first-order valence-corrected chi connectivity index (χ1v) is 9.21. The fourth-order valence-corrected chi connectivity index (χ4v) is 2.57. The molecule has 0 aromatic heterocycles. The molecule has 5 heteroatoms. The van der Waals surface area contributed by atoms with Gasteiger partial charge in [0.15, 0.2) is 0 Å². The molecule has 1 rings (SSSR count). The Balaban J connectivity index is 2.14. The first-order valence-electron chi connectivity index (χ1n) is 9.21. The maximum atomic E-state index is 13.1. The Hall–Kier alpha value is -1.91. The van der Waals surface area contributed by atoms with E-state index in [1.807, 2.05) is 0 Å². The Morgan fingerprint density at radius 2 is 1.68 bits per heavy atom. The van der Waals surface area contributed by atoms with Crippen molar-refractivity contribution in [3.8, 4) is 0 Å². The van der Waals surface area contributed by atoms with Gasteiger partial charge in [-0.2, -0.15) is 0 Å². The Bertz CT molecular complexity index is 533. The summed E-state index contributed by atoms with van der Waals surface area (Å²) in [5.74, 6) is -1.31. The highest BCUT2D eigenvalue weighted by molar-refractivity contribution is 5.95. The number of amides is 1. The molecule has 1 aromatic rings. The van der Waals surface area contributed by atoms with E-state index >= 15 is 0 Å². The summed E-state index contributed by atoms with van der Waals surface area (Å²) in [4.78, 5) is 25.1. The maximum absolute atomic E-state index is 13.1. The second kappa shape index (κ2) is 12.5. The molecule has 0 N–H and O–H groups in total. The van der Waals surface area contributed by atoms with Crippen LogP contribution in [0.1, 0.15) is 68.6 Å². The van der Waals surface area contributed by atoms with E-state index in [1.165, 1.54) is 68.7 Å². The van der Waals surface area contributed by atoms with Gasteiger partial charge in [0.05, 0.1) is 6.61 Å². The number of carbonyl (C=O) groups is 2. The van der Waals surface area contributed by atoms with Gasteiger partial charge in [-0.25, -0.2) is 4.39 Å². The highest BCUT2D eigenvalue weighted by atomic mass is 19.1. The SMILES string of the molecule is CCCCCCCCCCOC(=O)CN(C)C(=O)c1cccc(F)c1. The van der Waals surface area contributed by atoms with Crippen LogP contribution in [0.2, 0.25) is 0 Å². The number of unbranched alkanes of at least 4 members (excludes halogenated alkanes) is 7. The lowest BCUT2D eigenvalue weighted by Gasteiger charge is -2.16. The number of benzene rings is 1. The first-order chi connectivity index (χ1) is 12.0. The van der Waals surface area contributed by atoms with Crippen molar-refractivity contribution < 1.29 is 18.7 Å². The third kappa shape index (κ3) is 9.22. The molecule has 25 heavy (non-hydrogen) atoms. The number of ether oxygens (including phenoxy) is 1. The number of nitrogens with zero attached hydrogens (tertiary/aromatic N) is 1. The molecule has 0 radical (unpaired) electrons. The average Bonchev–Trinajstić information content (AvgIpc) is 2.59. The number of esters is 1. The van der Waals surface area contributed by atoms with Crippen molar-refractivity contribution in [3.05, 3.63) is 35.6 Å². The number of halogens is 1. The second-order valence-electron chi connectivity index (χ2n) is 6.37. The second-order valence-corrected chi connectivity index (χ2v) is 6.37. The van der Waals surface area contributed by atoms with E-state index < -0.39 is 17.7 Å². The lowest BCUT2D eigenvalue weighted by atomic mass is 10.1. The highest BCUT2D eigenvalue weighted by Crippen LogP contribution is 2.09. The molecule has 0 saturated heterocycles. The predicted molar refractivity (Wildman–Crippen MR) is 96.9 cm³/mol.